The van der Waals surface area contributed by atoms with E-state index in [1.807, 2.05) is 0 Å². The molecule has 0 aliphatic rings. The van der Waals surface area contributed by atoms with Crippen molar-refractivity contribution in [3.05, 3.63) is 59.1 Å². The minimum atomic E-state index is -1.05. The van der Waals surface area contributed by atoms with E-state index >= 15 is 0 Å². The molecule has 2 aromatic carbocycles. The molecule has 2 N–H and O–H groups in total. The van der Waals surface area contributed by atoms with Crippen LogP contribution in [0.15, 0.2) is 48.5 Å². The Morgan fingerprint density at radius 1 is 1.10 bits per heavy atom. The molecule has 5 heteroatoms. The summed E-state index contributed by atoms with van der Waals surface area (Å²) < 4.78 is 5.44. The predicted octanol–water partition coefficient (Wildman–Crippen LogP) is 3.12. The van der Waals surface area contributed by atoms with Crippen LogP contribution >= 0.6 is 11.6 Å². The normalized spacial score (nSPS) is 11.8. The van der Waals surface area contributed by atoms with E-state index in [1.54, 1.807) is 36.4 Å². The summed E-state index contributed by atoms with van der Waals surface area (Å²) in [6.45, 7) is 0. The fraction of sp³-hybridized carbons (Fsp3) is 0.133. The number of carboxylic acid groups (broad SMARTS) is 1. The zero-order chi connectivity index (χ0) is 14.5. The molecule has 0 saturated carbocycles. The van der Waals surface area contributed by atoms with Crippen LogP contribution in [-0.4, -0.2) is 22.3 Å². The van der Waals surface area contributed by atoms with Crippen LogP contribution in [-0.2, 0) is 11.2 Å². The van der Waals surface area contributed by atoms with Gasteiger partial charge in [0, 0.05) is 11.4 Å². The summed E-state index contributed by atoms with van der Waals surface area (Å²) in [6, 6.07) is 12.9. The number of hydrogen-bond acceptors (Lipinski definition) is 3. The monoisotopic (exact) mass is 292 g/mol. The van der Waals surface area contributed by atoms with E-state index in [0.717, 1.165) is 5.56 Å². The first-order chi connectivity index (χ1) is 9.54. The highest BCUT2D eigenvalue weighted by atomic mass is 35.5. The topological polar surface area (TPSA) is 66.8 Å². The highest BCUT2D eigenvalue weighted by molar-refractivity contribution is 6.30. The Kier molecular flexibility index (Phi) is 4.48. The van der Waals surface area contributed by atoms with Crippen LogP contribution in [0.2, 0.25) is 5.02 Å². The number of hydrogen-bond donors (Lipinski definition) is 2. The molecule has 0 fully saturated rings. The van der Waals surface area contributed by atoms with Gasteiger partial charge in [0.15, 0.2) is 6.10 Å². The third kappa shape index (κ3) is 3.90. The lowest BCUT2D eigenvalue weighted by Crippen LogP contribution is -2.29. The van der Waals surface area contributed by atoms with Gasteiger partial charge < -0.3 is 14.9 Å². The van der Waals surface area contributed by atoms with Gasteiger partial charge in [0.05, 0.1) is 0 Å². The predicted molar refractivity (Wildman–Crippen MR) is 75.3 cm³/mol. The van der Waals surface area contributed by atoms with Crippen LogP contribution in [0.3, 0.4) is 0 Å². The highest BCUT2D eigenvalue weighted by Crippen LogP contribution is 2.19. The van der Waals surface area contributed by atoms with E-state index < -0.39 is 12.1 Å². The van der Waals surface area contributed by atoms with Crippen molar-refractivity contribution in [3.8, 4) is 11.5 Å². The average Bonchev–Trinajstić information content (AvgIpc) is 2.42. The number of aliphatic carboxylic acids is 1. The highest BCUT2D eigenvalue weighted by Gasteiger charge is 2.20. The molecule has 4 nitrogen and oxygen atoms in total. The smallest absolute Gasteiger partial charge is 0.345 e. The van der Waals surface area contributed by atoms with Crippen molar-refractivity contribution in [3.63, 3.8) is 0 Å². The van der Waals surface area contributed by atoms with Crippen molar-refractivity contribution in [1.29, 1.82) is 0 Å². The van der Waals surface area contributed by atoms with Crippen LogP contribution in [0.5, 0.6) is 11.5 Å². The summed E-state index contributed by atoms with van der Waals surface area (Å²) in [7, 11) is 0. The third-order valence-corrected chi connectivity index (χ3v) is 2.98. The zero-order valence-corrected chi connectivity index (χ0v) is 11.2. The molecule has 0 bridgehead atoms. The van der Waals surface area contributed by atoms with Crippen LogP contribution < -0.4 is 4.74 Å². The Morgan fingerprint density at radius 2 is 1.70 bits per heavy atom. The van der Waals surface area contributed by atoms with Crippen molar-refractivity contribution < 1.29 is 19.7 Å². The standard InChI is InChI=1S/C15H13ClO4/c16-11-3-7-13(8-4-11)20-14(15(18)19)9-10-1-5-12(17)6-2-10/h1-8,14,17H,9H2,(H,18,19). The minimum absolute atomic E-state index is 0.138. The Balaban J connectivity index is 2.09. The number of phenols is 1. The summed E-state index contributed by atoms with van der Waals surface area (Å²) in [5.41, 5.74) is 0.768. The molecule has 0 aromatic heterocycles. The molecule has 1 atom stereocenters. The minimum Gasteiger partial charge on any atom is -0.508 e. The first-order valence-electron chi connectivity index (χ1n) is 5.97. The van der Waals surface area contributed by atoms with Gasteiger partial charge in [-0.25, -0.2) is 4.79 Å². The fourth-order valence-corrected chi connectivity index (χ4v) is 1.83. The Morgan fingerprint density at radius 3 is 2.25 bits per heavy atom. The van der Waals surface area contributed by atoms with E-state index in [9.17, 15) is 15.0 Å². The maximum absolute atomic E-state index is 11.2. The number of phenolic OH excluding ortho intramolecular Hbond substituents is 1. The summed E-state index contributed by atoms with van der Waals surface area (Å²) in [4.78, 5) is 11.2. The number of halogens is 1. The quantitative estimate of drug-likeness (QED) is 0.888. The Hall–Kier alpha value is -2.20. The molecule has 2 rings (SSSR count). The van der Waals surface area contributed by atoms with Crippen molar-refractivity contribution in [1.82, 2.24) is 0 Å². The van der Waals surface area contributed by atoms with Gasteiger partial charge in [0.1, 0.15) is 11.5 Å². The van der Waals surface area contributed by atoms with Gasteiger partial charge in [-0.2, -0.15) is 0 Å². The van der Waals surface area contributed by atoms with Gasteiger partial charge in [-0.3, -0.25) is 0 Å². The SMILES string of the molecule is O=C(O)C(Cc1ccc(O)cc1)Oc1ccc(Cl)cc1. The van der Waals surface area contributed by atoms with E-state index in [0.29, 0.717) is 10.8 Å². The van der Waals surface area contributed by atoms with Crippen molar-refractivity contribution in [2.24, 2.45) is 0 Å². The van der Waals surface area contributed by atoms with Gasteiger partial charge in [0.25, 0.3) is 0 Å². The molecule has 0 amide bonds. The van der Waals surface area contributed by atoms with Crippen molar-refractivity contribution in [2.75, 3.05) is 0 Å². The maximum atomic E-state index is 11.2. The molecule has 0 radical (unpaired) electrons. The van der Waals surface area contributed by atoms with E-state index in [2.05, 4.69) is 0 Å². The first kappa shape index (κ1) is 14.2. The molecule has 20 heavy (non-hydrogen) atoms. The van der Waals surface area contributed by atoms with Crippen molar-refractivity contribution in [2.45, 2.75) is 12.5 Å². The Labute approximate surface area is 121 Å². The molecule has 104 valence electrons. The van der Waals surface area contributed by atoms with Gasteiger partial charge in [-0.1, -0.05) is 23.7 Å². The Bertz CT molecular complexity index is 530. The number of carbonyl (C=O) groups is 1. The van der Waals surface area contributed by atoms with Crippen LogP contribution in [0.25, 0.3) is 0 Å². The second kappa shape index (κ2) is 6.30. The lowest BCUT2D eigenvalue weighted by molar-refractivity contribution is -0.145. The zero-order valence-electron chi connectivity index (χ0n) is 10.5. The number of carboxylic acids is 1. The lowest BCUT2D eigenvalue weighted by Gasteiger charge is -2.15. The molecular weight excluding hydrogens is 280 g/mol. The molecule has 0 spiro atoms. The van der Waals surface area contributed by atoms with Crippen LogP contribution in [0.1, 0.15) is 5.56 Å². The van der Waals surface area contributed by atoms with Gasteiger partial charge >= 0.3 is 5.97 Å². The average molecular weight is 293 g/mol. The van der Waals surface area contributed by atoms with Crippen molar-refractivity contribution >= 4 is 17.6 Å². The van der Waals surface area contributed by atoms with Gasteiger partial charge in [0.2, 0.25) is 0 Å². The fourth-order valence-electron chi connectivity index (χ4n) is 1.70. The van der Waals surface area contributed by atoms with Crippen LogP contribution in [0.4, 0.5) is 0 Å². The summed E-state index contributed by atoms with van der Waals surface area (Å²) in [5.74, 6) is -0.465. The second-order valence-electron chi connectivity index (χ2n) is 4.27. The number of aromatic hydroxyl groups is 1. The maximum Gasteiger partial charge on any atom is 0.345 e. The molecule has 0 heterocycles. The number of rotatable bonds is 5. The number of ether oxygens (including phenoxy) is 1. The number of benzene rings is 2. The molecule has 0 aliphatic heterocycles. The van der Waals surface area contributed by atoms with E-state index in [-0.39, 0.29) is 12.2 Å². The molecule has 0 saturated heterocycles. The van der Waals surface area contributed by atoms with E-state index in [4.69, 9.17) is 16.3 Å². The lowest BCUT2D eigenvalue weighted by atomic mass is 10.1. The van der Waals surface area contributed by atoms with Crippen LogP contribution in [0, 0.1) is 0 Å². The summed E-state index contributed by atoms with van der Waals surface area (Å²) >= 11 is 5.76. The first-order valence-corrected chi connectivity index (χ1v) is 6.35. The van der Waals surface area contributed by atoms with Gasteiger partial charge in [-0.05, 0) is 42.0 Å². The second-order valence-corrected chi connectivity index (χ2v) is 4.71. The molecule has 2 aromatic rings. The third-order valence-electron chi connectivity index (χ3n) is 2.72. The van der Waals surface area contributed by atoms with Gasteiger partial charge in [-0.15, -0.1) is 0 Å². The summed E-state index contributed by atoms with van der Waals surface area (Å²) in [6.07, 6.45) is -0.793. The molecular formula is C15H13ClO4. The largest absolute Gasteiger partial charge is 0.508 e. The summed E-state index contributed by atoms with van der Waals surface area (Å²) in [5, 5.41) is 19.0. The molecule has 0 aliphatic carbocycles. The van der Waals surface area contributed by atoms with E-state index in [1.165, 1.54) is 12.1 Å². The molecule has 1 unspecified atom stereocenters.